The van der Waals surface area contributed by atoms with E-state index in [1.807, 2.05) is 23.8 Å². The monoisotopic (exact) mass is 339 g/mol. The standard InChI is InChI=1S/C15H17NO6S/c1-8-6-5-7-11-9(2)13(22-12(8)11)14(17)16-23(19,20)10(3)15(18)21-4/h5-7,10H,1-4H3,(H,16,17)/t10-/m0/s1. The lowest BCUT2D eigenvalue weighted by Crippen LogP contribution is -2.41. The summed E-state index contributed by atoms with van der Waals surface area (Å²) in [5, 5.41) is -0.781. The molecule has 0 unspecified atom stereocenters. The fourth-order valence-electron chi connectivity index (χ4n) is 2.16. The zero-order valence-electron chi connectivity index (χ0n) is 13.2. The smallest absolute Gasteiger partial charge is 0.325 e. The largest absolute Gasteiger partial charge is 0.468 e. The van der Waals surface area contributed by atoms with E-state index in [1.165, 1.54) is 0 Å². The van der Waals surface area contributed by atoms with Crippen molar-refractivity contribution < 1.29 is 27.2 Å². The molecule has 1 N–H and O–H groups in total. The Hall–Kier alpha value is -2.35. The molecule has 0 spiro atoms. The number of furan rings is 1. The molecule has 0 saturated heterocycles. The molecule has 124 valence electrons. The Labute approximate surface area is 133 Å². The molecule has 0 aliphatic heterocycles. The molecule has 1 heterocycles. The second-order valence-electron chi connectivity index (χ2n) is 5.15. The number of nitrogens with one attached hydrogen (secondary N) is 1. The summed E-state index contributed by atoms with van der Waals surface area (Å²) in [4.78, 5) is 23.6. The van der Waals surface area contributed by atoms with Gasteiger partial charge in [-0.2, -0.15) is 0 Å². The highest BCUT2D eigenvalue weighted by atomic mass is 32.2. The number of amides is 1. The number of methoxy groups -OCH3 is 1. The van der Waals surface area contributed by atoms with Crippen molar-refractivity contribution in [3.05, 3.63) is 35.1 Å². The van der Waals surface area contributed by atoms with E-state index < -0.39 is 27.1 Å². The highest BCUT2D eigenvalue weighted by Crippen LogP contribution is 2.27. The van der Waals surface area contributed by atoms with Gasteiger partial charge in [0.1, 0.15) is 5.58 Å². The molecule has 23 heavy (non-hydrogen) atoms. The van der Waals surface area contributed by atoms with Crippen LogP contribution in [0.4, 0.5) is 0 Å². The topological polar surface area (TPSA) is 103 Å². The summed E-state index contributed by atoms with van der Waals surface area (Å²) in [6.07, 6.45) is 0. The molecule has 8 heteroatoms. The molecular formula is C15H17NO6S. The number of esters is 1. The normalized spacial score (nSPS) is 12.9. The summed E-state index contributed by atoms with van der Waals surface area (Å²) in [6, 6.07) is 5.42. The zero-order chi connectivity index (χ0) is 17.4. The second kappa shape index (κ2) is 6.04. The van der Waals surface area contributed by atoms with Crippen molar-refractivity contribution in [3.8, 4) is 0 Å². The molecule has 0 saturated carbocycles. The third-order valence-electron chi connectivity index (χ3n) is 3.60. The van der Waals surface area contributed by atoms with Gasteiger partial charge in [0.05, 0.1) is 7.11 Å². The Kier molecular flexibility index (Phi) is 4.46. The van der Waals surface area contributed by atoms with E-state index in [2.05, 4.69) is 4.74 Å². The van der Waals surface area contributed by atoms with Crippen LogP contribution in [0.15, 0.2) is 22.6 Å². The van der Waals surface area contributed by atoms with Gasteiger partial charge in [0.2, 0.25) is 10.0 Å². The lowest BCUT2D eigenvalue weighted by molar-refractivity contribution is -0.139. The number of sulfonamides is 1. The van der Waals surface area contributed by atoms with Crippen molar-refractivity contribution in [2.75, 3.05) is 7.11 Å². The summed E-state index contributed by atoms with van der Waals surface area (Å²) < 4.78 is 35.8. The molecule has 0 aliphatic rings. The van der Waals surface area contributed by atoms with Crippen LogP contribution in [0.25, 0.3) is 11.0 Å². The Morgan fingerprint density at radius 2 is 1.91 bits per heavy atom. The molecule has 1 amide bonds. The SMILES string of the molecule is COC(=O)[C@H](C)S(=O)(=O)NC(=O)c1oc2c(C)cccc2c1C. The van der Waals surface area contributed by atoms with Crippen molar-refractivity contribution in [1.29, 1.82) is 0 Å². The predicted molar refractivity (Wildman–Crippen MR) is 83.6 cm³/mol. The van der Waals surface area contributed by atoms with Gasteiger partial charge in [-0.1, -0.05) is 18.2 Å². The first kappa shape index (κ1) is 17.0. The zero-order valence-corrected chi connectivity index (χ0v) is 14.0. The lowest BCUT2D eigenvalue weighted by Gasteiger charge is -2.11. The Bertz CT molecular complexity index is 881. The van der Waals surface area contributed by atoms with Crippen LogP contribution >= 0.6 is 0 Å². The first-order chi connectivity index (χ1) is 10.7. The van der Waals surface area contributed by atoms with Crippen LogP contribution in [0.3, 0.4) is 0 Å². The molecule has 1 atom stereocenters. The number of ether oxygens (including phenoxy) is 1. The average molecular weight is 339 g/mol. The third kappa shape index (κ3) is 3.07. The minimum atomic E-state index is -4.22. The second-order valence-corrected chi connectivity index (χ2v) is 7.15. The number of aryl methyl sites for hydroxylation is 2. The Morgan fingerprint density at radius 1 is 1.26 bits per heavy atom. The van der Waals surface area contributed by atoms with Crippen molar-refractivity contribution in [2.24, 2.45) is 0 Å². The minimum absolute atomic E-state index is 0.102. The number of carbonyl (C=O) groups is 2. The van der Waals surface area contributed by atoms with Crippen LogP contribution in [0, 0.1) is 13.8 Å². The van der Waals surface area contributed by atoms with E-state index in [1.54, 1.807) is 13.0 Å². The van der Waals surface area contributed by atoms with E-state index in [9.17, 15) is 18.0 Å². The molecule has 0 aliphatic carbocycles. The van der Waals surface area contributed by atoms with E-state index in [4.69, 9.17) is 4.42 Å². The van der Waals surface area contributed by atoms with E-state index in [0.717, 1.165) is 25.0 Å². The van der Waals surface area contributed by atoms with Crippen LogP contribution in [0.2, 0.25) is 0 Å². The number of carbonyl (C=O) groups excluding carboxylic acids is 2. The third-order valence-corrected chi connectivity index (χ3v) is 5.19. The first-order valence-electron chi connectivity index (χ1n) is 6.81. The van der Waals surface area contributed by atoms with Crippen molar-refractivity contribution in [2.45, 2.75) is 26.0 Å². The van der Waals surface area contributed by atoms with Crippen LogP contribution in [-0.4, -0.2) is 32.7 Å². The number of rotatable bonds is 4. The van der Waals surface area contributed by atoms with Gasteiger partial charge in [0, 0.05) is 10.9 Å². The molecule has 1 aromatic carbocycles. The summed E-state index contributed by atoms with van der Waals surface area (Å²) in [7, 11) is -3.15. The van der Waals surface area contributed by atoms with Gasteiger partial charge in [0.25, 0.3) is 0 Å². The minimum Gasteiger partial charge on any atom is -0.468 e. The molecule has 0 radical (unpaired) electrons. The number of para-hydroxylation sites is 1. The van der Waals surface area contributed by atoms with Gasteiger partial charge in [0.15, 0.2) is 11.0 Å². The summed E-state index contributed by atoms with van der Waals surface area (Å²) in [5.41, 5.74) is 1.88. The molecule has 2 aromatic rings. The number of hydrogen-bond donors (Lipinski definition) is 1. The fourth-order valence-corrected chi connectivity index (χ4v) is 3.03. The van der Waals surface area contributed by atoms with Crippen LogP contribution < -0.4 is 4.72 Å². The molecule has 1 aromatic heterocycles. The van der Waals surface area contributed by atoms with Gasteiger partial charge in [-0.25, -0.2) is 13.1 Å². The summed E-state index contributed by atoms with van der Waals surface area (Å²) in [5.74, 6) is -1.98. The van der Waals surface area contributed by atoms with E-state index in [-0.39, 0.29) is 5.76 Å². The van der Waals surface area contributed by atoms with Crippen molar-refractivity contribution in [1.82, 2.24) is 4.72 Å². The van der Waals surface area contributed by atoms with Gasteiger partial charge in [-0.05, 0) is 26.3 Å². The van der Waals surface area contributed by atoms with E-state index >= 15 is 0 Å². The molecular weight excluding hydrogens is 322 g/mol. The fraction of sp³-hybridized carbons (Fsp3) is 0.333. The highest BCUT2D eigenvalue weighted by Gasteiger charge is 2.32. The Balaban J connectivity index is 2.37. The number of hydrogen-bond acceptors (Lipinski definition) is 6. The maximum atomic E-state index is 12.2. The number of benzene rings is 1. The molecule has 0 bridgehead atoms. The van der Waals surface area contributed by atoms with Gasteiger partial charge >= 0.3 is 11.9 Å². The summed E-state index contributed by atoms with van der Waals surface area (Å²) in [6.45, 7) is 4.62. The van der Waals surface area contributed by atoms with Crippen LogP contribution in [-0.2, 0) is 19.6 Å². The van der Waals surface area contributed by atoms with Gasteiger partial charge in [-0.15, -0.1) is 0 Å². The maximum Gasteiger partial charge on any atom is 0.325 e. The molecule has 0 fully saturated rings. The average Bonchev–Trinajstić information content (AvgIpc) is 2.84. The maximum absolute atomic E-state index is 12.2. The van der Waals surface area contributed by atoms with Crippen molar-refractivity contribution in [3.63, 3.8) is 0 Å². The predicted octanol–water partition coefficient (Wildman–Crippen LogP) is 1.67. The highest BCUT2D eigenvalue weighted by molar-refractivity contribution is 7.91. The number of fused-ring (bicyclic) bond motifs is 1. The van der Waals surface area contributed by atoms with Crippen molar-refractivity contribution >= 4 is 32.9 Å². The lowest BCUT2D eigenvalue weighted by atomic mass is 10.1. The molecule has 2 rings (SSSR count). The summed E-state index contributed by atoms with van der Waals surface area (Å²) >= 11 is 0. The van der Waals surface area contributed by atoms with Crippen LogP contribution in [0.1, 0.15) is 28.6 Å². The Morgan fingerprint density at radius 3 is 2.48 bits per heavy atom. The van der Waals surface area contributed by atoms with Crippen LogP contribution in [0.5, 0.6) is 0 Å². The quantitative estimate of drug-likeness (QED) is 0.850. The first-order valence-corrected chi connectivity index (χ1v) is 8.36. The van der Waals surface area contributed by atoms with Gasteiger partial charge < -0.3 is 9.15 Å². The van der Waals surface area contributed by atoms with Gasteiger partial charge in [-0.3, -0.25) is 9.59 Å². The van der Waals surface area contributed by atoms with E-state index in [0.29, 0.717) is 11.1 Å². The molecule has 7 nitrogen and oxygen atoms in total.